The lowest BCUT2D eigenvalue weighted by Gasteiger charge is -2.40. The topological polar surface area (TPSA) is 189 Å². The first kappa shape index (κ1) is 56.8. The zero-order chi connectivity index (χ0) is 44.8. The number of unbranched alkanes of at least 4 members (excludes halogenated alkanes) is 18. The van der Waals surface area contributed by atoms with Crippen molar-refractivity contribution in [1.29, 1.82) is 0 Å². The van der Waals surface area contributed by atoms with E-state index >= 15 is 0 Å². The van der Waals surface area contributed by atoms with Crippen LogP contribution in [0.3, 0.4) is 0 Å². The standard InChI is InChI=1S/C50H89NO10/c1-3-5-7-9-11-13-15-17-19-20-21-22-23-24-26-27-29-31-33-35-37-42(53)45(55)41(40-60-50-48(58)47(57)46(56)44(39-52)61-50)51-49(59)43(54)38-36-34-32-30-28-25-18-16-14-12-10-8-6-4-2/h12,14,16,18-20,23-24,29,31,41-48,50,52-58H,3-11,13,15,17,21-22,25-28,30,32-40H2,1-2H3,(H,51,59)/b14-12-,18-16-,20-19+,24-23+,31-29+. The summed E-state index contributed by atoms with van der Waals surface area (Å²) < 4.78 is 11.1. The van der Waals surface area contributed by atoms with Crippen LogP contribution in [0.15, 0.2) is 60.8 Å². The van der Waals surface area contributed by atoms with Crippen LogP contribution >= 0.6 is 0 Å². The van der Waals surface area contributed by atoms with Crippen LogP contribution in [0.4, 0.5) is 0 Å². The van der Waals surface area contributed by atoms with Gasteiger partial charge in [0, 0.05) is 0 Å². The molecule has 9 unspecified atom stereocenters. The lowest BCUT2D eigenvalue weighted by atomic mass is 9.98. The number of ether oxygens (including phenoxy) is 2. The second-order valence-electron chi connectivity index (χ2n) is 16.8. The molecule has 11 heteroatoms. The first-order valence-corrected chi connectivity index (χ1v) is 24.2. The number of carbonyl (C=O) groups excluding carboxylic acids is 1. The van der Waals surface area contributed by atoms with Gasteiger partial charge in [0.05, 0.1) is 25.4 Å². The van der Waals surface area contributed by atoms with Crippen LogP contribution < -0.4 is 5.32 Å². The number of nitrogens with one attached hydrogen (secondary N) is 1. The summed E-state index contributed by atoms with van der Waals surface area (Å²) in [4.78, 5) is 13.1. The molecule has 0 bridgehead atoms. The molecule has 1 aliphatic heterocycles. The Hall–Kier alpha value is -2.19. The molecule has 1 saturated heterocycles. The highest BCUT2D eigenvalue weighted by atomic mass is 16.7. The van der Waals surface area contributed by atoms with Crippen molar-refractivity contribution in [3.63, 3.8) is 0 Å². The van der Waals surface area contributed by atoms with Gasteiger partial charge in [-0.05, 0) is 89.9 Å². The van der Waals surface area contributed by atoms with Crippen molar-refractivity contribution in [1.82, 2.24) is 5.32 Å². The first-order chi connectivity index (χ1) is 29.7. The second kappa shape index (κ2) is 39.4. The number of rotatable bonds is 39. The van der Waals surface area contributed by atoms with Gasteiger partial charge in [0.1, 0.15) is 36.6 Å². The van der Waals surface area contributed by atoms with Gasteiger partial charge in [-0.2, -0.15) is 0 Å². The van der Waals surface area contributed by atoms with E-state index in [4.69, 9.17) is 9.47 Å². The van der Waals surface area contributed by atoms with E-state index < -0.39 is 74.2 Å². The summed E-state index contributed by atoms with van der Waals surface area (Å²) in [7, 11) is 0. The van der Waals surface area contributed by atoms with E-state index in [0.717, 1.165) is 64.2 Å². The number of hydrogen-bond donors (Lipinski definition) is 8. The Morgan fingerprint density at radius 2 is 1.03 bits per heavy atom. The van der Waals surface area contributed by atoms with Crippen molar-refractivity contribution >= 4 is 5.91 Å². The predicted molar refractivity (Wildman–Crippen MR) is 247 cm³/mol. The summed E-state index contributed by atoms with van der Waals surface area (Å²) in [5.41, 5.74) is 0. The van der Waals surface area contributed by atoms with E-state index in [1.807, 2.05) is 0 Å². The van der Waals surface area contributed by atoms with Crippen molar-refractivity contribution in [2.45, 2.75) is 236 Å². The molecule has 0 radical (unpaired) electrons. The van der Waals surface area contributed by atoms with Crippen LogP contribution in [0.5, 0.6) is 0 Å². The fourth-order valence-corrected chi connectivity index (χ4v) is 7.23. The molecule has 1 fully saturated rings. The van der Waals surface area contributed by atoms with Gasteiger partial charge in [-0.3, -0.25) is 4.79 Å². The third kappa shape index (κ3) is 29.0. The number of aliphatic hydroxyl groups excluding tert-OH is 7. The van der Waals surface area contributed by atoms with Crippen LogP contribution in [0, 0.1) is 0 Å². The fourth-order valence-electron chi connectivity index (χ4n) is 7.23. The maximum atomic E-state index is 13.1. The van der Waals surface area contributed by atoms with Crippen molar-refractivity contribution in [3.05, 3.63) is 60.8 Å². The number of amides is 1. The fraction of sp³-hybridized carbons (Fsp3) is 0.780. The molecule has 0 aromatic rings. The Balaban J connectivity index is 2.49. The van der Waals surface area contributed by atoms with E-state index in [2.05, 4.69) is 79.9 Å². The Bertz CT molecular complexity index is 1170. The van der Waals surface area contributed by atoms with E-state index in [9.17, 15) is 40.5 Å². The van der Waals surface area contributed by atoms with E-state index in [1.54, 1.807) is 0 Å². The third-order valence-electron chi connectivity index (χ3n) is 11.3. The molecule has 1 amide bonds. The minimum Gasteiger partial charge on any atom is -0.394 e. The Kier molecular flexibility index (Phi) is 36.7. The summed E-state index contributed by atoms with van der Waals surface area (Å²) in [5.74, 6) is -0.728. The van der Waals surface area contributed by atoms with Crippen molar-refractivity contribution < 1.29 is 50.0 Å². The van der Waals surface area contributed by atoms with Gasteiger partial charge in [0.25, 0.3) is 0 Å². The minimum absolute atomic E-state index is 0.229. The van der Waals surface area contributed by atoms with Crippen molar-refractivity contribution in [2.24, 2.45) is 0 Å². The molecule has 8 N–H and O–H groups in total. The molecule has 0 aromatic carbocycles. The average molecular weight is 864 g/mol. The van der Waals surface area contributed by atoms with Crippen molar-refractivity contribution in [3.8, 4) is 0 Å². The molecule has 9 atom stereocenters. The summed E-state index contributed by atoms with van der Waals surface area (Å²) in [6.45, 7) is 3.36. The quantitative estimate of drug-likeness (QED) is 0.0170. The number of aliphatic hydroxyl groups is 7. The lowest BCUT2D eigenvalue weighted by Crippen LogP contribution is -2.60. The molecule has 61 heavy (non-hydrogen) atoms. The molecule has 0 saturated carbocycles. The Labute approximate surface area is 370 Å². The van der Waals surface area contributed by atoms with Gasteiger partial charge in [-0.25, -0.2) is 0 Å². The molecular weight excluding hydrogens is 775 g/mol. The highest BCUT2D eigenvalue weighted by Crippen LogP contribution is 2.23. The highest BCUT2D eigenvalue weighted by Gasteiger charge is 2.44. The van der Waals surface area contributed by atoms with Gasteiger partial charge in [-0.15, -0.1) is 0 Å². The zero-order valence-corrected chi connectivity index (χ0v) is 38.1. The SMILES string of the molecule is CCCCC/C=C\C=C/CCCCCCCC(O)C(=O)NC(COC1OC(CO)C(O)C(O)C1O)C(O)C(O)CCC/C=C/CC/C=C/CC/C=C/CCCCCCCCC. The molecule has 1 aliphatic rings. The van der Waals surface area contributed by atoms with Crippen LogP contribution in [0.25, 0.3) is 0 Å². The largest absolute Gasteiger partial charge is 0.394 e. The van der Waals surface area contributed by atoms with Gasteiger partial charge in [0.2, 0.25) is 5.91 Å². The minimum atomic E-state index is -1.68. The van der Waals surface area contributed by atoms with Crippen LogP contribution in [0.1, 0.15) is 181 Å². The molecule has 1 heterocycles. The maximum absolute atomic E-state index is 13.1. The molecule has 0 aromatic heterocycles. The zero-order valence-electron chi connectivity index (χ0n) is 38.1. The van der Waals surface area contributed by atoms with E-state index in [1.165, 1.54) is 70.6 Å². The van der Waals surface area contributed by atoms with E-state index in [-0.39, 0.29) is 12.8 Å². The first-order valence-electron chi connectivity index (χ1n) is 24.2. The average Bonchev–Trinajstić information content (AvgIpc) is 3.26. The molecule has 0 aliphatic carbocycles. The lowest BCUT2D eigenvalue weighted by molar-refractivity contribution is -0.303. The Morgan fingerprint density at radius 1 is 0.574 bits per heavy atom. The second-order valence-corrected chi connectivity index (χ2v) is 16.8. The van der Waals surface area contributed by atoms with Gasteiger partial charge < -0.3 is 50.5 Å². The normalized spacial score (nSPS) is 22.0. The molecule has 11 nitrogen and oxygen atoms in total. The van der Waals surface area contributed by atoms with Crippen LogP contribution in [-0.2, 0) is 14.3 Å². The Morgan fingerprint density at radius 3 is 1.59 bits per heavy atom. The number of carbonyl (C=O) groups is 1. The third-order valence-corrected chi connectivity index (χ3v) is 11.3. The van der Waals surface area contributed by atoms with Gasteiger partial charge >= 0.3 is 0 Å². The van der Waals surface area contributed by atoms with Gasteiger partial charge in [0.15, 0.2) is 6.29 Å². The number of hydrogen-bond acceptors (Lipinski definition) is 10. The van der Waals surface area contributed by atoms with Gasteiger partial charge in [-0.1, -0.05) is 152 Å². The number of allylic oxidation sites excluding steroid dienone is 10. The molecule has 1 rings (SSSR count). The smallest absolute Gasteiger partial charge is 0.249 e. The highest BCUT2D eigenvalue weighted by molar-refractivity contribution is 5.80. The molecule has 354 valence electrons. The van der Waals surface area contributed by atoms with Crippen LogP contribution in [0.2, 0.25) is 0 Å². The predicted octanol–water partition coefficient (Wildman–Crippen LogP) is 8.33. The monoisotopic (exact) mass is 864 g/mol. The summed E-state index contributed by atoms with van der Waals surface area (Å²) in [6.07, 6.45) is 36.9. The maximum Gasteiger partial charge on any atom is 0.249 e. The molecule has 0 spiro atoms. The molecular formula is C50H89NO10. The van der Waals surface area contributed by atoms with E-state index in [0.29, 0.717) is 19.3 Å². The van der Waals surface area contributed by atoms with Crippen molar-refractivity contribution in [2.75, 3.05) is 13.2 Å². The van der Waals surface area contributed by atoms with Crippen LogP contribution in [-0.4, -0.2) is 110 Å². The summed E-state index contributed by atoms with van der Waals surface area (Å²) in [5, 5.41) is 75.7. The summed E-state index contributed by atoms with van der Waals surface area (Å²) >= 11 is 0. The summed E-state index contributed by atoms with van der Waals surface area (Å²) in [6, 6.07) is -1.20.